The third-order valence-corrected chi connectivity index (χ3v) is 14.0. The van der Waals surface area contributed by atoms with Crippen molar-refractivity contribution in [3.63, 3.8) is 0 Å². The first-order chi connectivity index (χ1) is 23.8. The van der Waals surface area contributed by atoms with E-state index >= 15 is 0 Å². The van der Waals surface area contributed by atoms with E-state index < -0.39 is 0 Å². The van der Waals surface area contributed by atoms with Crippen molar-refractivity contribution in [2.45, 2.75) is 6.42 Å². The minimum Gasteiger partial charge on any atom is -0.353 e. The Kier molecular flexibility index (Phi) is 4.38. The van der Waals surface area contributed by atoms with Crippen molar-refractivity contribution in [3.05, 3.63) is 118 Å². The van der Waals surface area contributed by atoms with Gasteiger partial charge in [-0.25, -0.2) is 0 Å². The van der Waals surface area contributed by atoms with E-state index in [4.69, 9.17) is 0 Å². The molecule has 0 radical (unpaired) electrons. The lowest BCUT2D eigenvalue weighted by molar-refractivity contribution is 1.29. The van der Waals surface area contributed by atoms with Crippen molar-refractivity contribution in [2.75, 3.05) is 0 Å². The second kappa shape index (κ2) is 8.44. The van der Waals surface area contributed by atoms with Gasteiger partial charge in [0.05, 0.1) is 20.4 Å². The third-order valence-electron chi connectivity index (χ3n) is 11.1. The van der Waals surface area contributed by atoms with E-state index in [0.29, 0.717) is 0 Å². The predicted molar refractivity (Wildman–Crippen MR) is 212 cm³/mol. The summed E-state index contributed by atoms with van der Waals surface area (Å²) in [6.45, 7) is 0. The summed E-state index contributed by atoms with van der Waals surface area (Å²) < 4.78 is 4.11. The van der Waals surface area contributed by atoms with E-state index in [2.05, 4.69) is 117 Å². The Hall–Kier alpha value is -5.20. The van der Waals surface area contributed by atoms with Gasteiger partial charge in [0.2, 0.25) is 0 Å². The molecule has 0 saturated heterocycles. The first-order valence-corrected chi connectivity index (χ1v) is 19.0. The molecule has 1 aliphatic rings. The number of hydrogen-bond donors (Lipinski definition) is 2. The van der Waals surface area contributed by atoms with Crippen LogP contribution in [-0.2, 0) is 6.42 Å². The van der Waals surface area contributed by atoms with Gasteiger partial charge in [-0.05, 0) is 74.1 Å². The summed E-state index contributed by atoms with van der Waals surface area (Å²) in [6.07, 6.45) is 0.978. The first kappa shape index (κ1) is 24.9. The number of H-pyrrole nitrogens is 2. The molecule has 0 amide bonds. The minimum absolute atomic E-state index is 0.978. The molecule has 48 heavy (non-hydrogen) atoms. The molecule has 0 unspecified atom stereocenters. The van der Waals surface area contributed by atoms with Crippen LogP contribution in [0.25, 0.3) is 117 Å². The van der Waals surface area contributed by atoms with Crippen LogP contribution in [0.5, 0.6) is 0 Å². The maximum atomic E-state index is 3.92. The first-order valence-electron chi connectivity index (χ1n) is 16.4. The molecule has 222 valence electrons. The Morgan fingerprint density at radius 3 is 1.54 bits per heavy atom. The zero-order valence-corrected chi connectivity index (χ0v) is 27.8. The number of benzene rings is 7. The third kappa shape index (κ3) is 2.73. The van der Waals surface area contributed by atoms with E-state index in [0.717, 1.165) is 6.42 Å². The predicted octanol–water partition coefficient (Wildman–Crippen LogP) is 13.6. The van der Waals surface area contributed by atoms with Crippen LogP contribution in [0.2, 0.25) is 0 Å². The maximum Gasteiger partial charge on any atom is 0.0652 e. The SMILES string of the molecule is c1ccc2c(c1)Cc1c-2c2c(c3ccsc13)c1c3c4ccccc4[nH]c3c3sccc3c1c1c3c4ccccc4[nH]c3c3sccc3c21. The van der Waals surface area contributed by atoms with Crippen molar-refractivity contribution in [1.29, 1.82) is 0 Å². The van der Waals surface area contributed by atoms with Gasteiger partial charge in [-0.15, -0.1) is 34.0 Å². The van der Waals surface area contributed by atoms with E-state index in [1.807, 2.05) is 34.0 Å². The fourth-order valence-electron chi connectivity index (χ4n) is 9.43. The molecular weight excluding hydrogens is 641 g/mol. The van der Waals surface area contributed by atoms with Gasteiger partial charge < -0.3 is 9.97 Å². The minimum atomic E-state index is 0.978. The Bertz CT molecular complexity index is 3330. The van der Waals surface area contributed by atoms with Gasteiger partial charge in [-0.1, -0.05) is 60.7 Å². The van der Waals surface area contributed by atoms with E-state index in [-0.39, 0.29) is 0 Å². The summed E-state index contributed by atoms with van der Waals surface area (Å²) in [4.78, 5) is 7.84. The lowest BCUT2D eigenvalue weighted by atomic mass is 9.83. The quantitative estimate of drug-likeness (QED) is 0.151. The number of aromatic amines is 2. The number of hydrogen-bond acceptors (Lipinski definition) is 3. The number of rotatable bonds is 0. The van der Waals surface area contributed by atoms with Crippen molar-refractivity contribution >= 4 is 140 Å². The fourth-order valence-corrected chi connectivity index (χ4v) is 12.2. The van der Waals surface area contributed by atoms with Crippen LogP contribution in [0, 0.1) is 0 Å². The van der Waals surface area contributed by atoms with Crippen LogP contribution in [0.4, 0.5) is 0 Å². The van der Waals surface area contributed by atoms with Crippen LogP contribution < -0.4 is 0 Å². The molecule has 0 bridgehead atoms. The molecule has 2 nitrogen and oxygen atoms in total. The summed E-state index contributed by atoms with van der Waals surface area (Å²) in [5.74, 6) is 0. The van der Waals surface area contributed by atoms with Gasteiger partial charge in [0.1, 0.15) is 0 Å². The summed E-state index contributed by atoms with van der Waals surface area (Å²) in [5.41, 5.74) is 10.7. The standard InChI is InChI=1S/C43H22N2S3/c1-2-8-21-20(7-1)19-27-30(21)36-31(24-13-16-46-41(24)27)37-33(26-15-18-48-43(26)39-34(37)22-9-3-5-11-28(22)44-39)38-32(36)25-14-17-47-42(25)40-35(38)23-10-4-6-12-29(23)45-40/h1-18,44-45H,19H2. The Morgan fingerprint density at radius 1 is 0.417 bits per heavy atom. The molecule has 0 atom stereocenters. The average molecular weight is 663 g/mol. The number of para-hydroxylation sites is 2. The number of aromatic nitrogens is 2. The Labute approximate surface area is 284 Å². The van der Waals surface area contributed by atoms with Gasteiger partial charge in [0.25, 0.3) is 0 Å². The molecule has 1 aliphatic carbocycles. The summed E-state index contributed by atoms with van der Waals surface area (Å²) in [5, 5.41) is 24.6. The van der Waals surface area contributed by atoms with Crippen LogP contribution in [-0.4, -0.2) is 9.97 Å². The van der Waals surface area contributed by atoms with Gasteiger partial charge in [0.15, 0.2) is 0 Å². The van der Waals surface area contributed by atoms with Crippen molar-refractivity contribution < 1.29 is 0 Å². The largest absolute Gasteiger partial charge is 0.353 e. The number of fused-ring (bicyclic) bond motifs is 27. The molecule has 0 fully saturated rings. The van der Waals surface area contributed by atoms with Crippen LogP contribution in [0.1, 0.15) is 11.1 Å². The van der Waals surface area contributed by atoms with E-state index in [1.165, 1.54) is 128 Å². The summed E-state index contributed by atoms with van der Waals surface area (Å²) >= 11 is 5.63. The summed E-state index contributed by atoms with van der Waals surface area (Å²) in [6, 6.07) is 34.2. The van der Waals surface area contributed by atoms with Crippen LogP contribution in [0.15, 0.2) is 107 Å². The second-order valence-corrected chi connectivity index (χ2v) is 16.0. The van der Waals surface area contributed by atoms with Gasteiger partial charge in [-0.2, -0.15) is 0 Å². The molecule has 5 heteroatoms. The molecule has 5 heterocycles. The second-order valence-electron chi connectivity index (χ2n) is 13.3. The molecule has 0 spiro atoms. The lowest BCUT2D eigenvalue weighted by Gasteiger charge is -2.20. The molecule has 0 saturated carbocycles. The zero-order valence-electron chi connectivity index (χ0n) is 25.3. The highest BCUT2D eigenvalue weighted by molar-refractivity contribution is 7.19. The van der Waals surface area contributed by atoms with Crippen molar-refractivity contribution in [2.24, 2.45) is 0 Å². The lowest BCUT2D eigenvalue weighted by Crippen LogP contribution is -1.92. The van der Waals surface area contributed by atoms with Crippen LogP contribution in [0.3, 0.4) is 0 Å². The molecule has 5 aromatic heterocycles. The Morgan fingerprint density at radius 2 is 0.917 bits per heavy atom. The molecule has 12 aromatic rings. The summed E-state index contributed by atoms with van der Waals surface area (Å²) in [7, 11) is 0. The molecule has 7 aromatic carbocycles. The van der Waals surface area contributed by atoms with Gasteiger partial charge >= 0.3 is 0 Å². The normalized spacial score (nSPS) is 13.3. The highest BCUT2D eigenvalue weighted by atomic mass is 32.1. The van der Waals surface area contributed by atoms with Crippen molar-refractivity contribution in [3.8, 4) is 11.1 Å². The molecule has 2 N–H and O–H groups in total. The van der Waals surface area contributed by atoms with Crippen molar-refractivity contribution in [1.82, 2.24) is 9.97 Å². The monoisotopic (exact) mass is 662 g/mol. The maximum absolute atomic E-state index is 3.92. The Balaban J connectivity index is 1.52. The highest BCUT2D eigenvalue weighted by Crippen LogP contribution is 2.57. The smallest absolute Gasteiger partial charge is 0.0652 e. The zero-order chi connectivity index (χ0) is 30.8. The van der Waals surface area contributed by atoms with Gasteiger partial charge in [-0.3, -0.25) is 0 Å². The fraction of sp³-hybridized carbons (Fsp3) is 0.0233. The van der Waals surface area contributed by atoms with Crippen LogP contribution >= 0.6 is 34.0 Å². The van der Waals surface area contributed by atoms with E-state index in [9.17, 15) is 0 Å². The van der Waals surface area contributed by atoms with E-state index in [1.54, 1.807) is 0 Å². The molecule has 0 aliphatic heterocycles. The average Bonchev–Trinajstić information content (AvgIpc) is 3.97. The highest BCUT2D eigenvalue weighted by Gasteiger charge is 2.31. The number of thiophene rings is 3. The topological polar surface area (TPSA) is 31.6 Å². The molecular formula is C43H22N2S3. The van der Waals surface area contributed by atoms with Gasteiger partial charge in [0, 0.05) is 86.8 Å². The molecule has 13 rings (SSSR count). The number of nitrogens with one attached hydrogen (secondary N) is 2.